The van der Waals surface area contributed by atoms with Gasteiger partial charge in [-0.25, -0.2) is 4.79 Å². The maximum absolute atomic E-state index is 11.6. The molecule has 3 N–H and O–H groups in total. The van der Waals surface area contributed by atoms with E-state index in [4.69, 9.17) is 6.42 Å². The first-order valence-corrected chi connectivity index (χ1v) is 6.95. The van der Waals surface area contributed by atoms with Crippen LogP contribution in [0.3, 0.4) is 0 Å². The van der Waals surface area contributed by atoms with Gasteiger partial charge in [0, 0.05) is 18.9 Å². The van der Waals surface area contributed by atoms with E-state index in [1.807, 2.05) is 13.8 Å². The van der Waals surface area contributed by atoms with Crippen LogP contribution in [0.15, 0.2) is 0 Å². The van der Waals surface area contributed by atoms with Gasteiger partial charge >= 0.3 is 6.03 Å². The van der Waals surface area contributed by atoms with Gasteiger partial charge in [-0.3, -0.25) is 0 Å². The summed E-state index contributed by atoms with van der Waals surface area (Å²) >= 11 is 0. The highest BCUT2D eigenvalue weighted by molar-refractivity contribution is 5.74. The van der Waals surface area contributed by atoms with Crippen LogP contribution >= 0.6 is 0 Å². The van der Waals surface area contributed by atoms with Gasteiger partial charge in [-0.05, 0) is 19.8 Å². The van der Waals surface area contributed by atoms with Gasteiger partial charge in [0.25, 0.3) is 0 Å². The van der Waals surface area contributed by atoms with Gasteiger partial charge in [0.15, 0.2) is 0 Å². The predicted molar refractivity (Wildman–Crippen MR) is 71.2 cm³/mol. The van der Waals surface area contributed by atoms with E-state index >= 15 is 0 Å². The fourth-order valence-electron chi connectivity index (χ4n) is 3.26. The Kier molecular flexibility index (Phi) is 4.13. The standard InChI is InChI=1S/C14H23N3O/c1-4-11-9-17-6-5-12(11)7-13(17)8-15-14(18)16-10(2)3/h1,10-13H,5-9H2,2-3H3,(H2,15,16,18)/p+1/t11-,12-,13+/m0/s1. The number of carbonyl (C=O) groups is 1. The normalized spacial score (nSPS) is 34.1. The molecule has 4 nitrogen and oxygen atoms in total. The molecule has 0 aromatic heterocycles. The fraction of sp³-hybridized carbons (Fsp3) is 0.786. The molecule has 0 aromatic rings. The lowest BCUT2D eigenvalue weighted by Gasteiger charge is -2.45. The van der Waals surface area contributed by atoms with E-state index in [1.54, 1.807) is 4.90 Å². The number of quaternary nitrogens is 1. The van der Waals surface area contributed by atoms with Crippen LogP contribution in [0.4, 0.5) is 4.79 Å². The van der Waals surface area contributed by atoms with Crippen LogP contribution in [0, 0.1) is 24.2 Å². The van der Waals surface area contributed by atoms with Crippen molar-refractivity contribution in [1.82, 2.24) is 10.6 Å². The Morgan fingerprint density at radius 1 is 1.56 bits per heavy atom. The number of fused-ring (bicyclic) bond motifs is 3. The second kappa shape index (κ2) is 5.62. The van der Waals surface area contributed by atoms with Gasteiger partial charge in [0.1, 0.15) is 6.04 Å². The maximum Gasteiger partial charge on any atom is 0.315 e. The first-order valence-electron chi connectivity index (χ1n) is 6.95. The predicted octanol–water partition coefficient (Wildman–Crippen LogP) is -0.379. The van der Waals surface area contributed by atoms with Crippen LogP contribution in [0.5, 0.6) is 0 Å². The summed E-state index contributed by atoms with van der Waals surface area (Å²) < 4.78 is 0. The van der Waals surface area contributed by atoms with Crippen LogP contribution in [0.1, 0.15) is 26.7 Å². The number of terminal acetylenes is 1. The van der Waals surface area contributed by atoms with Crippen molar-refractivity contribution in [3.63, 3.8) is 0 Å². The average Bonchev–Trinajstić information content (AvgIpc) is 2.36. The molecule has 18 heavy (non-hydrogen) atoms. The van der Waals surface area contributed by atoms with Crippen molar-refractivity contribution in [2.24, 2.45) is 11.8 Å². The Morgan fingerprint density at radius 3 is 2.89 bits per heavy atom. The lowest BCUT2D eigenvalue weighted by Crippen LogP contribution is -3.20. The van der Waals surface area contributed by atoms with E-state index in [0.717, 1.165) is 19.5 Å². The molecule has 2 bridgehead atoms. The summed E-state index contributed by atoms with van der Waals surface area (Å²) in [6, 6.07) is 0.679. The van der Waals surface area contributed by atoms with E-state index in [1.165, 1.54) is 13.0 Å². The minimum atomic E-state index is -0.0550. The summed E-state index contributed by atoms with van der Waals surface area (Å²) in [4.78, 5) is 13.1. The second-order valence-electron chi connectivity index (χ2n) is 5.88. The lowest BCUT2D eigenvalue weighted by atomic mass is 9.76. The first-order chi connectivity index (χ1) is 8.60. The minimum absolute atomic E-state index is 0.0550. The minimum Gasteiger partial charge on any atom is -0.336 e. The molecule has 3 heterocycles. The molecule has 3 aliphatic rings. The zero-order valence-electron chi connectivity index (χ0n) is 11.3. The summed E-state index contributed by atoms with van der Waals surface area (Å²) in [6.45, 7) is 6.99. The van der Waals surface area contributed by atoms with Gasteiger partial charge in [-0.1, -0.05) is 5.92 Å². The Bertz CT molecular complexity index is 347. The largest absolute Gasteiger partial charge is 0.336 e. The van der Waals surface area contributed by atoms with E-state index in [9.17, 15) is 4.79 Å². The number of nitrogens with one attached hydrogen (secondary N) is 3. The molecule has 0 aromatic carbocycles. The number of urea groups is 1. The van der Waals surface area contributed by atoms with Crippen molar-refractivity contribution in [2.75, 3.05) is 19.6 Å². The molecule has 3 saturated heterocycles. The summed E-state index contributed by atoms with van der Waals surface area (Å²) in [6.07, 6.45) is 7.98. The molecule has 0 aliphatic carbocycles. The topological polar surface area (TPSA) is 45.6 Å². The van der Waals surface area contributed by atoms with E-state index < -0.39 is 0 Å². The molecule has 0 spiro atoms. The molecule has 3 rings (SSSR count). The smallest absolute Gasteiger partial charge is 0.315 e. The summed E-state index contributed by atoms with van der Waals surface area (Å²) in [5.41, 5.74) is 0. The third kappa shape index (κ3) is 2.97. The maximum atomic E-state index is 11.6. The Balaban J connectivity index is 1.79. The zero-order chi connectivity index (χ0) is 13.1. The quantitative estimate of drug-likeness (QED) is 0.588. The molecule has 0 radical (unpaired) electrons. The Labute approximate surface area is 109 Å². The van der Waals surface area contributed by atoms with Gasteiger partial charge in [0.2, 0.25) is 0 Å². The summed E-state index contributed by atoms with van der Waals surface area (Å²) in [7, 11) is 0. The van der Waals surface area contributed by atoms with Gasteiger partial charge in [-0.15, -0.1) is 6.42 Å². The van der Waals surface area contributed by atoms with E-state index in [0.29, 0.717) is 17.9 Å². The van der Waals surface area contributed by atoms with Gasteiger partial charge < -0.3 is 15.5 Å². The fourth-order valence-corrected chi connectivity index (χ4v) is 3.26. The molecule has 2 amide bonds. The summed E-state index contributed by atoms with van der Waals surface area (Å²) in [5.74, 6) is 4.05. The monoisotopic (exact) mass is 250 g/mol. The Morgan fingerprint density at radius 2 is 2.33 bits per heavy atom. The van der Waals surface area contributed by atoms with Crippen LogP contribution in [0.25, 0.3) is 0 Å². The number of hydrogen-bond donors (Lipinski definition) is 3. The van der Waals surface area contributed by atoms with Crippen molar-refractivity contribution < 1.29 is 9.69 Å². The molecule has 4 atom stereocenters. The number of carbonyl (C=O) groups excluding carboxylic acids is 1. The first kappa shape index (κ1) is 13.2. The van der Waals surface area contributed by atoms with Crippen molar-refractivity contribution in [2.45, 2.75) is 38.8 Å². The highest BCUT2D eigenvalue weighted by Gasteiger charge is 2.42. The van der Waals surface area contributed by atoms with Gasteiger partial charge in [-0.2, -0.15) is 0 Å². The van der Waals surface area contributed by atoms with Crippen LogP contribution in [0.2, 0.25) is 0 Å². The van der Waals surface area contributed by atoms with Crippen LogP contribution in [-0.2, 0) is 0 Å². The van der Waals surface area contributed by atoms with Gasteiger partial charge in [0.05, 0.1) is 25.6 Å². The van der Waals surface area contributed by atoms with Crippen molar-refractivity contribution in [3.8, 4) is 12.3 Å². The highest BCUT2D eigenvalue weighted by Crippen LogP contribution is 2.25. The van der Waals surface area contributed by atoms with Crippen molar-refractivity contribution in [1.29, 1.82) is 0 Å². The molecule has 0 saturated carbocycles. The molecule has 1 unspecified atom stereocenters. The molecule has 3 aliphatic heterocycles. The van der Waals surface area contributed by atoms with Crippen LogP contribution in [-0.4, -0.2) is 37.7 Å². The number of piperidine rings is 3. The van der Waals surface area contributed by atoms with E-state index in [-0.39, 0.29) is 12.1 Å². The summed E-state index contributed by atoms with van der Waals surface area (Å²) in [5, 5.41) is 5.83. The van der Waals surface area contributed by atoms with Crippen molar-refractivity contribution in [3.05, 3.63) is 0 Å². The third-order valence-corrected chi connectivity index (χ3v) is 4.19. The van der Waals surface area contributed by atoms with Crippen molar-refractivity contribution >= 4 is 6.03 Å². The molecule has 4 heteroatoms. The average molecular weight is 250 g/mol. The third-order valence-electron chi connectivity index (χ3n) is 4.19. The number of hydrogen-bond acceptors (Lipinski definition) is 1. The Hall–Kier alpha value is -1.21. The molecular weight excluding hydrogens is 226 g/mol. The SMILES string of the molecule is C#C[C@H]1C[NH+]2CC[C@H]1C[C@@H]2CNC(=O)NC(C)C. The second-order valence-corrected chi connectivity index (χ2v) is 5.88. The number of amides is 2. The molecule has 3 fully saturated rings. The molecule has 100 valence electrons. The van der Waals surface area contributed by atoms with Crippen LogP contribution < -0.4 is 15.5 Å². The highest BCUT2D eigenvalue weighted by atomic mass is 16.2. The lowest BCUT2D eigenvalue weighted by molar-refractivity contribution is -0.943. The number of rotatable bonds is 3. The van der Waals surface area contributed by atoms with E-state index in [2.05, 4.69) is 16.6 Å². The molecular formula is C14H24N3O+. The zero-order valence-corrected chi connectivity index (χ0v) is 11.3.